The Morgan fingerprint density at radius 3 is 2.41 bits per heavy atom. The minimum Gasteiger partial charge on any atom is -0.381 e. The van der Waals surface area contributed by atoms with Gasteiger partial charge in [0.25, 0.3) is 0 Å². The van der Waals surface area contributed by atoms with Crippen molar-refractivity contribution in [2.45, 2.75) is 25.7 Å². The maximum atomic E-state index is 12.6. The van der Waals surface area contributed by atoms with Crippen LogP contribution in [0.25, 0.3) is 21.9 Å². The van der Waals surface area contributed by atoms with E-state index in [9.17, 15) is 9.59 Å². The molecule has 1 aromatic heterocycles. The molecule has 2 aliphatic rings. The molecule has 2 heterocycles. The van der Waals surface area contributed by atoms with Crippen LogP contribution in [0.2, 0.25) is 5.02 Å². The Labute approximate surface area is 191 Å². The average molecular weight is 450 g/mol. The van der Waals surface area contributed by atoms with Crippen LogP contribution in [0.4, 0.5) is 11.5 Å². The van der Waals surface area contributed by atoms with Gasteiger partial charge in [-0.05, 0) is 67.0 Å². The molecule has 0 bridgehead atoms. The lowest BCUT2D eigenvalue weighted by atomic mass is 9.98. The molecule has 2 fully saturated rings. The molecule has 2 N–H and O–H groups in total. The van der Waals surface area contributed by atoms with Crippen LogP contribution in [0.15, 0.2) is 48.7 Å². The third-order valence-corrected chi connectivity index (χ3v) is 6.39. The summed E-state index contributed by atoms with van der Waals surface area (Å²) in [6.07, 6.45) is 5.16. The van der Waals surface area contributed by atoms with E-state index in [2.05, 4.69) is 15.6 Å². The average Bonchev–Trinajstić information content (AvgIpc) is 3.66. The molecule has 1 aliphatic heterocycles. The number of ether oxygens (including phenoxy) is 1. The zero-order valence-electron chi connectivity index (χ0n) is 17.6. The molecule has 1 saturated heterocycles. The molecule has 2 amide bonds. The summed E-state index contributed by atoms with van der Waals surface area (Å²) in [5.74, 6) is 0.739. The first kappa shape index (κ1) is 20.9. The summed E-state index contributed by atoms with van der Waals surface area (Å²) in [7, 11) is 0. The van der Waals surface area contributed by atoms with E-state index in [1.165, 1.54) is 0 Å². The summed E-state index contributed by atoms with van der Waals surface area (Å²) < 4.78 is 5.34. The number of rotatable bonds is 5. The van der Waals surface area contributed by atoms with Gasteiger partial charge in [-0.3, -0.25) is 9.59 Å². The number of amides is 2. The number of pyridine rings is 1. The summed E-state index contributed by atoms with van der Waals surface area (Å²) in [4.78, 5) is 29.0. The van der Waals surface area contributed by atoms with Gasteiger partial charge < -0.3 is 15.4 Å². The molecule has 0 atom stereocenters. The van der Waals surface area contributed by atoms with Crippen molar-refractivity contribution >= 4 is 45.7 Å². The molecule has 32 heavy (non-hydrogen) atoms. The smallest absolute Gasteiger partial charge is 0.228 e. The molecule has 5 rings (SSSR count). The van der Waals surface area contributed by atoms with Gasteiger partial charge in [0.05, 0.1) is 0 Å². The van der Waals surface area contributed by atoms with Gasteiger partial charge in [0.2, 0.25) is 11.8 Å². The molecule has 1 saturated carbocycles. The van der Waals surface area contributed by atoms with E-state index < -0.39 is 0 Å². The highest BCUT2D eigenvalue weighted by molar-refractivity contribution is 6.33. The number of nitrogens with zero attached hydrogens (tertiary/aromatic N) is 1. The van der Waals surface area contributed by atoms with Crippen molar-refractivity contribution in [3.05, 3.63) is 53.7 Å². The van der Waals surface area contributed by atoms with Crippen LogP contribution >= 0.6 is 11.6 Å². The van der Waals surface area contributed by atoms with Gasteiger partial charge in [-0.2, -0.15) is 0 Å². The van der Waals surface area contributed by atoms with E-state index in [0.717, 1.165) is 53.3 Å². The minimum atomic E-state index is -0.0239. The highest BCUT2D eigenvalue weighted by Crippen LogP contribution is 2.34. The first-order valence-electron chi connectivity index (χ1n) is 11.0. The number of carbonyl (C=O) groups is 2. The first-order chi connectivity index (χ1) is 15.6. The molecule has 7 heteroatoms. The van der Waals surface area contributed by atoms with Gasteiger partial charge >= 0.3 is 0 Å². The molecule has 164 valence electrons. The predicted molar refractivity (Wildman–Crippen MR) is 126 cm³/mol. The lowest BCUT2D eigenvalue weighted by molar-refractivity contribution is -0.122. The van der Waals surface area contributed by atoms with Crippen molar-refractivity contribution in [3.63, 3.8) is 0 Å². The molecule has 6 nitrogen and oxygen atoms in total. The van der Waals surface area contributed by atoms with Crippen molar-refractivity contribution in [2.75, 3.05) is 23.8 Å². The fourth-order valence-electron chi connectivity index (χ4n) is 3.98. The van der Waals surface area contributed by atoms with E-state index in [-0.39, 0.29) is 23.7 Å². The van der Waals surface area contributed by atoms with Crippen molar-refractivity contribution in [1.29, 1.82) is 0 Å². The third kappa shape index (κ3) is 4.61. The fourth-order valence-corrected chi connectivity index (χ4v) is 4.21. The van der Waals surface area contributed by atoms with E-state index in [1.807, 2.05) is 36.4 Å². The highest BCUT2D eigenvalue weighted by Gasteiger charge is 2.29. The highest BCUT2D eigenvalue weighted by atomic mass is 35.5. The Kier molecular flexibility index (Phi) is 5.81. The molecule has 0 radical (unpaired) electrons. The largest absolute Gasteiger partial charge is 0.381 e. The Bertz CT molecular complexity index is 1190. The van der Waals surface area contributed by atoms with E-state index in [1.54, 1.807) is 12.3 Å². The molecular weight excluding hydrogens is 426 g/mol. The quantitative estimate of drug-likeness (QED) is 0.556. The summed E-state index contributed by atoms with van der Waals surface area (Å²) in [5.41, 5.74) is 2.49. The first-order valence-corrected chi connectivity index (χ1v) is 11.3. The molecular formula is C25H24ClN3O3. The van der Waals surface area contributed by atoms with Crippen LogP contribution in [0.5, 0.6) is 0 Å². The number of anilines is 2. The number of halogens is 1. The zero-order chi connectivity index (χ0) is 22.1. The van der Waals surface area contributed by atoms with Crippen LogP contribution < -0.4 is 10.6 Å². The van der Waals surface area contributed by atoms with Crippen molar-refractivity contribution in [2.24, 2.45) is 11.8 Å². The molecule has 1 aliphatic carbocycles. The Morgan fingerprint density at radius 1 is 0.875 bits per heavy atom. The second kappa shape index (κ2) is 8.88. The topological polar surface area (TPSA) is 80.3 Å². The van der Waals surface area contributed by atoms with Crippen molar-refractivity contribution in [3.8, 4) is 11.1 Å². The van der Waals surface area contributed by atoms with Gasteiger partial charge in [-0.1, -0.05) is 23.7 Å². The van der Waals surface area contributed by atoms with Gasteiger partial charge in [-0.25, -0.2) is 4.98 Å². The number of fused-ring (bicyclic) bond motifs is 1. The second-order valence-electron chi connectivity index (χ2n) is 8.47. The maximum Gasteiger partial charge on any atom is 0.228 e. The maximum absolute atomic E-state index is 12.6. The van der Waals surface area contributed by atoms with Gasteiger partial charge in [0.15, 0.2) is 0 Å². The summed E-state index contributed by atoms with van der Waals surface area (Å²) in [6.45, 7) is 1.25. The van der Waals surface area contributed by atoms with Crippen LogP contribution in [0.3, 0.4) is 0 Å². The van der Waals surface area contributed by atoms with E-state index in [0.29, 0.717) is 24.1 Å². The lowest BCUT2D eigenvalue weighted by Crippen LogP contribution is -2.28. The van der Waals surface area contributed by atoms with Crippen LogP contribution in [0, 0.1) is 11.8 Å². The Morgan fingerprint density at radius 2 is 1.62 bits per heavy atom. The van der Waals surface area contributed by atoms with Crippen LogP contribution in [0.1, 0.15) is 25.7 Å². The molecule has 2 aromatic carbocycles. The van der Waals surface area contributed by atoms with Crippen molar-refractivity contribution < 1.29 is 14.3 Å². The normalized spacial score (nSPS) is 16.7. The lowest BCUT2D eigenvalue weighted by Gasteiger charge is -2.21. The number of benzene rings is 2. The van der Waals surface area contributed by atoms with Gasteiger partial charge in [0.1, 0.15) is 5.82 Å². The molecule has 0 unspecified atom stereocenters. The van der Waals surface area contributed by atoms with Gasteiger partial charge in [0, 0.05) is 52.9 Å². The van der Waals surface area contributed by atoms with Gasteiger partial charge in [-0.15, -0.1) is 0 Å². The Hall–Kier alpha value is -2.96. The second-order valence-corrected chi connectivity index (χ2v) is 8.87. The summed E-state index contributed by atoms with van der Waals surface area (Å²) in [5, 5.41) is 8.44. The predicted octanol–water partition coefficient (Wildman–Crippen LogP) is 5.27. The number of hydrogen-bond acceptors (Lipinski definition) is 4. The molecule has 0 spiro atoms. The van der Waals surface area contributed by atoms with Crippen LogP contribution in [-0.2, 0) is 14.3 Å². The molecule has 3 aromatic rings. The number of hydrogen-bond donors (Lipinski definition) is 2. The number of nitrogens with one attached hydrogen (secondary N) is 2. The number of carbonyl (C=O) groups excluding carboxylic acids is 2. The van der Waals surface area contributed by atoms with E-state index >= 15 is 0 Å². The van der Waals surface area contributed by atoms with Crippen molar-refractivity contribution in [1.82, 2.24) is 4.98 Å². The summed E-state index contributed by atoms with van der Waals surface area (Å²) in [6, 6.07) is 13.4. The SMILES string of the molecule is O=C(Nc1ccc(Cl)c(-c2ccc3cc(NC(=O)C4CC4)ncc3c2)c1)C1CCOCC1. The number of aromatic nitrogens is 1. The zero-order valence-corrected chi connectivity index (χ0v) is 18.3. The Balaban J connectivity index is 1.37. The minimum absolute atomic E-state index is 0.0186. The van der Waals surface area contributed by atoms with E-state index in [4.69, 9.17) is 16.3 Å². The monoisotopic (exact) mass is 449 g/mol. The fraction of sp³-hybridized carbons (Fsp3) is 0.320. The summed E-state index contributed by atoms with van der Waals surface area (Å²) >= 11 is 6.49. The standard InChI is InChI=1S/C25H24ClN3O3/c26-22-6-5-20(28-24(30)16-7-9-32-10-8-16)13-21(22)18-4-3-17-12-23(27-14-19(17)11-18)29-25(31)15-1-2-15/h3-6,11-16H,1-2,7-10H2,(H,28,30)(H,27,29,31). The van der Waals surface area contributed by atoms with Crippen LogP contribution in [-0.4, -0.2) is 30.0 Å². The third-order valence-electron chi connectivity index (χ3n) is 6.06.